The molecule has 1 fully saturated rings. The van der Waals surface area contributed by atoms with Gasteiger partial charge in [-0.05, 0) is 38.5 Å². The largest absolute Gasteiger partial charge is 0.383 e. The normalized spacial score (nSPS) is 28.9. The molecule has 0 heterocycles. The monoisotopic (exact) mass is 272 g/mol. The van der Waals surface area contributed by atoms with Gasteiger partial charge >= 0.3 is 0 Å². The molecule has 0 aliphatic heterocycles. The molecule has 0 aromatic carbocycles. The van der Waals surface area contributed by atoms with Crippen molar-refractivity contribution in [2.24, 2.45) is 11.7 Å². The Balaban J connectivity index is 2.34. The predicted molar refractivity (Wildman–Crippen MR) is 74.9 cm³/mol. The van der Waals surface area contributed by atoms with Crippen molar-refractivity contribution in [1.29, 1.82) is 0 Å². The number of carbonyl (C=O) groups excluding carboxylic acids is 1. The van der Waals surface area contributed by atoms with E-state index in [1.54, 1.807) is 7.11 Å². The van der Waals surface area contributed by atoms with Crippen LogP contribution < -0.4 is 11.1 Å². The molecule has 1 amide bonds. The number of rotatable bonds is 7. The van der Waals surface area contributed by atoms with E-state index in [2.05, 4.69) is 12.2 Å². The van der Waals surface area contributed by atoms with Gasteiger partial charge in [0, 0.05) is 19.7 Å². The number of carbonyl (C=O) groups is 1. The molecule has 5 nitrogen and oxygen atoms in total. The van der Waals surface area contributed by atoms with Crippen molar-refractivity contribution in [3.05, 3.63) is 0 Å². The first kappa shape index (κ1) is 16.4. The standard InChI is InChI=1S/C14H28N2O3/c1-11-4-6-14(10-15,7-5-11)19-9-13(17)16-12(2)8-18-3/h11-12H,4-10,15H2,1-3H3,(H,16,17). The molecule has 0 bridgehead atoms. The highest BCUT2D eigenvalue weighted by Gasteiger charge is 2.34. The van der Waals surface area contributed by atoms with Gasteiger partial charge in [-0.25, -0.2) is 0 Å². The van der Waals surface area contributed by atoms with E-state index in [1.807, 2.05) is 6.92 Å². The minimum Gasteiger partial charge on any atom is -0.383 e. The third-order valence-corrected chi connectivity index (χ3v) is 3.89. The Kier molecular flexibility index (Phi) is 6.75. The Morgan fingerprint density at radius 2 is 2.11 bits per heavy atom. The zero-order valence-corrected chi connectivity index (χ0v) is 12.4. The van der Waals surface area contributed by atoms with Crippen LogP contribution in [0.2, 0.25) is 0 Å². The quantitative estimate of drug-likeness (QED) is 0.727. The molecule has 19 heavy (non-hydrogen) atoms. The lowest BCUT2D eigenvalue weighted by Crippen LogP contribution is -2.47. The first-order chi connectivity index (χ1) is 9.01. The van der Waals surface area contributed by atoms with E-state index in [9.17, 15) is 4.79 Å². The highest BCUT2D eigenvalue weighted by atomic mass is 16.5. The fourth-order valence-corrected chi connectivity index (χ4v) is 2.52. The van der Waals surface area contributed by atoms with Crippen LogP contribution in [0.25, 0.3) is 0 Å². The summed E-state index contributed by atoms with van der Waals surface area (Å²) >= 11 is 0. The van der Waals surface area contributed by atoms with Crippen LogP contribution >= 0.6 is 0 Å². The summed E-state index contributed by atoms with van der Waals surface area (Å²) in [6, 6.07) is 0.00121. The summed E-state index contributed by atoms with van der Waals surface area (Å²) in [5.74, 6) is 0.634. The van der Waals surface area contributed by atoms with E-state index in [0.717, 1.165) is 31.6 Å². The van der Waals surface area contributed by atoms with Gasteiger partial charge in [0.1, 0.15) is 6.61 Å². The number of methoxy groups -OCH3 is 1. The smallest absolute Gasteiger partial charge is 0.246 e. The Bertz CT molecular complexity index is 276. The molecular formula is C14H28N2O3. The number of amides is 1. The second-order valence-electron chi connectivity index (χ2n) is 5.78. The molecule has 3 N–H and O–H groups in total. The van der Waals surface area contributed by atoms with Crippen LogP contribution in [0.4, 0.5) is 0 Å². The van der Waals surface area contributed by atoms with Gasteiger partial charge in [-0.2, -0.15) is 0 Å². The fraction of sp³-hybridized carbons (Fsp3) is 0.929. The van der Waals surface area contributed by atoms with Gasteiger partial charge in [0.2, 0.25) is 5.91 Å². The van der Waals surface area contributed by atoms with E-state index in [0.29, 0.717) is 13.2 Å². The lowest BCUT2D eigenvalue weighted by molar-refractivity contribution is -0.137. The van der Waals surface area contributed by atoms with Gasteiger partial charge in [-0.1, -0.05) is 6.92 Å². The molecule has 1 atom stereocenters. The summed E-state index contributed by atoms with van der Waals surface area (Å²) in [5.41, 5.74) is 5.54. The number of nitrogens with one attached hydrogen (secondary N) is 1. The highest BCUT2D eigenvalue weighted by molar-refractivity contribution is 5.77. The van der Waals surface area contributed by atoms with Crippen molar-refractivity contribution in [3.8, 4) is 0 Å². The van der Waals surface area contributed by atoms with Crippen LogP contribution in [-0.2, 0) is 14.3 Å². The molecule has 0 radical (unpaired) electrons. The lowest BCUT2D eigenvalue weighted by atomic mass is 9.79. The highest BCUT2D eigenvalue weighted by Crippen LogP contribution is 2.33. The maximum absolute atomic E-state index is 11.8. The lowest BCUT2D eigenvalue weighted by Gasteiger charge is -2.38. The van der Waals surface area contributed by atoms with Crippen molar-refractivity contribution in [3.63, 3.8) is 0 Å². The van der Waals surface area contributed by atoms with E-state index >= 15 is 0 Å². The van der Waals surface area contributed by atoms with Gasteiger partial charge in [0.25, 0.3) is 0 Å². The first-order valence-corrected chi connectivity index (χ1v) is 7.13. The summed E-state index contributed by atoms with van der Waals surface area (Å²) in [6.45, 7) is 5.23. The van der Waals surface area contributed by atoms with E-state index in [4.69, 9.17) is 15.2 Å². The molecular weight excluding hydrogens is 244 g/mol. The van der Waals surface area contributed by atoms with Crippen LogP contribution in [0.5, 0.6) is 0 Å². The molecule has 1 aliphatic rings. The van der Waals surface area contributed by atoms with Crippen LogP contribution in [0, 0.1) is 5.92 Å². The predicted octanol–water partition coefficient (Wildman–Crippen LogP) is 1.06. The summed E-state index contributed by atoms with van der Waals surface area (Å²) < 4.78 is 10.8. The molecule has 0 aromatic rings. The maximum atomic E-state index is 11.8. The maximum Gasteiger partial charge on any atom is 0.246 e. The van der Waals surface area contributed by atoms with Crippen molar-refractivity contribution < 1.29 is 14.3 Å². The number of ether oxygens (including phenoxy) is 2. The van der Waals surface area contributed by atoms with E-state index in [-0.39, 0.29) is 24.2 Å². The zero-order valence-electron chi connectivity index (χ0n) is 12.4. The van der Waals surface area contributed by atoms with Crippen LogP contribution in [0.1, 0.15) is 39.5 Å². The molecule has 112 valence electrons. The second kappa shape index (κ2) is 7.82. The van der Waals surface area contributed by atoms with Gasteiger partial charge < -0.3 is 20.5 Å². The SMILES string of the molecule is COCC(C)NC(=O)COC1(CN)CCC(C)CC1. The van der Waals surface area contributed by atoms with Gasteiger partial charge in [0.05, 0.1) is 12.2 Å². The van der Waals surface area contributed by atoms with Crippen molar-refractivity contribution in [1.82, 2.24) is 5.32 Å². The Labute approximate surface area is 116 Å². The zero-order chi connectivity index (χ0) is 14.3. The number of nitrogens with two attached hydrogens (primary N) is 1. The minimum absolute atomic E-state index is 0.00121. The minimum atomic E-state index is -0.297. The molecule has 1 aliphatic carbocycles. The fourth-order valence-electron chi connectivity index (χ4n) is 2.52. The van der Waals surface area contributed by atoms with Gasteiger partial charge in [-0.3, -0.25) is 4.79 Å². The van der Waals surface area contributed by atoms with Crippen LogP contribution in [0.15, 0.2) is 0 Å². The molecule has 1 saturated carbocycles. The Morgan fingerprint density at radius 3 is 2.63 bits per heavy atom. The van der Waals surface area contributed by atoms with Crippen molar-refractivity contribution in [2.75, 3.05) is 26.9 Å². The van der Waals surface area contributed by atoms with Crippen molar-refractivity contribution in [2.45, 2.75) is 51.2 Å². The van der Waals surface area contributed by atoms with Crippen molar-refractivity contribution >= 4 is 5.91 Å². The van der Waals surface area contributed by atoms with E-state index in [1.165, 1.54) is 0 Å². The second-order valence-corrected chi connectivity index (χ2v) is 5.78. The molecule has 0 spiro atoms. The molecule has 0 aromatic heterocycles. The number of hydrogen-bond acceptors (Lipinski definition) is 4. The topological polar surface area (TPSA) is 73.6 Å². The average molecular weight is 272 g/mol. The first-order valence-electron chi connectivity index (χ1n) is 7.13. The van der Waals surface area contributed by atoms with E-state index < -0.39 is 0 Å². The average Bonchev–Trinajstić information content (AvgIpc) is 2.39. The van der Waals surface area contributed by atoms with Crippen LogP contribution in [-0.4, -0.2) is 44.4 Å². The number of hydrogen-bond donors (Lipinski definition) is 2. The summed E-state index contributed by atoms with van der Waals surface area (Å²) in [6.07, 6.45) is 4.15. The summed E-state index contributed by atoms with van der Waals surface area (Å²) in [7, 11) is 1.62. The van der Waals surface area contributed by atoms with Gasteiger partial charge in [-0.15, -0.1) is 0 Å². The summed E-state index contributed by atoms with van der Waals surface area (Å²) in [5, 5.41) is 2.84. The molecule has 1 rings (SSSR count). The molecule has 5 heteroatoms. The van der Waals surface area contributed by atoms with Crippen LogP contribution in [0.3, 0.4) is 0 Å². The Hall–Kier alpha value is -0.650. The molecule has 1 unspecified atom stereocenters. The summed E-state index contributed by atoms with van der Waals surface area (Å²) in [4.78, 5) is 11.8. The Morgan fingerprint density at radius 1 is 1.47 bits per heavy atom. The third kappa shape index (κ3) is 5.47. The molecule has 0 saturated heterocycles. The third-order valence-electron chi connectivity index (χ3n) is 3.89. The van der Waals surface area contributed by atoms with Gasteiger partial charge in [0.15, 0.2) is 0 Å².